The molecule has 1 fully saturated rings. The summed E-state index contributed by atoms with van der Waals surface area (Å²) in [6.07, 6.45) is 4.41. The summed E-state index contributed by atoms with van der Waals surface area (Å²) in [4.78, 5) is 12.0. The molecule has 1 aliphatic rings. The van der Waals surface area contributed by atoms with Gasteiger partial charge in [-0.1, -0.05) is 6.92 Å². The van der Waals surface area contributed by atoms with Crippen LogP contribution in [0.3, 0.4) is 0 Å². The van der Waals surface area contributed by atoms with Crippen molar-refractivity contribution in [2.45, 2.75) is 58.0 Å². The Hall–Kier alpha value is -1.66. The maximum Gasteiger partial charge on any atom is 0.319 e. The number of halogens is 2. The van der Waals surface area contributed by atoms with Crippen LogP contribution in [0.1, 0.15) is 39.5 Å². The molecule has 1 heterocycles. The monoisotopic (exact) mass is 300 g/mol. The minimum atomic E-state index is -2.46. The number of urea groups is 1. The first-order valence-corrected chi connectivity index (χ1v) is 7.26. The van der Waals surface area contributed by atoms with Crippen molar-refractivity contribution < 1.29 is 13.6 Å². The second kappa shape index (κ2) is 6.41. The first kappa shape index (κ1) is 15.7. The van der Waals surface area contributed by atoms with Crippen LogP contribution in [-0.2, 0) is 6.54 Å². The summed E-state index contributed by atoms with van der Waals surface area (Å²) in [7, 11) is 0. The normalized spacial score (nSPS) is 25.9. The molecule has 2 N–H and O–H groups in total. The Morgan fingerprint density at radius 2 is 2.19 bits per heavy atom. The van der Waals surface area contributed by atoms with Gasteiger partial charge in [0.25, 0.3) is 6.43 Å². The number of nitrogens with zero attached hydrogens (tertiary/aromatic N) is 2. The number of hydrogen-bond donors (Lipinski definition) is 2. The van der Waals surface area contributed by atoms with Crippen LogP contribution in [0.25, 0.3) is 0 Å². The van der Waals surface area contributed by atoms with E-state index in [2.05, 4.69) is 22.7 Å². The van der Waals surface area contributed by atoms with Gasteiger partial charge in [0.1, 0.15) is 6.54 Å². The van der Waals surface area contributed by atoms with E-state index in [1.54, 1.807) is 0 Å². The number of nitrogens with one attached hydrogen (secondary N) is 2. The van der Waals surface area contributed by atoms with E-state index in [0.29, 0.717) is 11.6 Å². The molecule has 0 atom stereocenters. The quantitative estimate of drug-likeness (QED) is 0.897. The first-order chi connectivity index (χ1) is 9.86. The van der Waals surface area contributed by atoms with Crippen molar-refractivity contribution in [2.75, 3.05) is 5.32 Å². The fourth-order valence-electron chi connectivity index (χ4n) is 2.63. The third kappa shape index (κ3) is 4.68. The smallest absolute Gasteiger partial charge is 0.319 e. The summed E-state index contributed by atoms with van der Waals surface area (Å²) in [6, 6.07) is -0.316. The van der Waals surface area contributed by atoms with E-state index < -0.39 is 13.0 Å². The molecule has 2 amide bonds. The highest BCUT2D eigenvalue weighted by Gasteiger charge is 2.30. The summed E-state index contributed by atoms with van der Waals surface area (Å²) in [5, 5.41) is 9.40. The van der Waals surface area contributed by atoms with E-state index in [9.17, 15) is 13.6 Å². The number of aromatic nitrogens is 2. The van der Waals surface area contributed by atoms with E-state index in [1.807, 2.05) is 6.92 Å². The summed E-state index contributed by atoms with van der Waals surface area (Å²) in [6.45, 7) is 3.79. The molecule has 1 aromatic heterocycles. The minimum absolute atomic E-state index is 0.199. The van der Waals surface area contributed by atoms with Crippen LogP contribution < -0.4 is 10.6 Å². The van der Waals surface area contributed by atoms with Crippen molar-refractivity contribution in [3.63, 3.8) is 0 Å². The third-order valence-corrected chi connectivity index (χ3v) is 4.01. The molecule has 1 aliphatic carbocycles. The molecule has 0 spiro atoms. The molecular formula is C14H22F2N4O. The summed E-state index contributed by atoms with van der Waals surface area (Å²) >= 11 is 0. The molecule has 2 rings (SSSR count). The van der Waals surface area contributed by atoms with E-state index in [1.165, 1.54) is 12.4 Å². The van der Waals surface area contributed by atoms with E-state index >= 15 is 0 Å². The highest BCUT2D eigenvalue weighted by molar-refractivity contribution is 5.89. The molecule has 1 saturated carbocycles. The van der Waals surface area contributed by atoms with Gasteiger partial charge in [-0.15, -0.1) is 0 Å². The van der Waals surface area contributed by atoms with Gasteiger partial charge in [-0.3, -0.25) is 4.68 Å². The highest BCUT2D eigenvalue weighted by atomic mass is 19.3. The first-order valence-electron chi connectivity index (χ1n) is 7.26. The number of hydrogen-bond acceptors (Lipinski definition) is 2. The minimum Gasteiger partial charge on any atom is -0.333 e. The number of anilines is 1. The molecule has 0 radical (unpaired) electrons. The molecule has 0 aromatic carbocycles. The lowest BCUT2D eigenvalue weighted by Gasteiger charge is -2.36. The van der Waals surface area contributed by atoms with Gasteiger partial charge in [0.15, 0.2) is 0 Å². The number of carbonyl (C=O) groups is 1. The van der Waals surface area contributed by atoms with Gasteiger partial charge in [-0.2, -0.15) is 5.10 Å². The molecule has 0 aliphatic heterocycles. The second-order valence-corrected chi connectivity index (χ2v) is 6.16. The lowest BCUT2D eigenvalue weighted by Crippen LogP contribution is -2.49. The molecular weight excluding hydrogens is 278 g/mol. The van der Waals surface area contributed by atoms with Crippen LogP contribution >= 0.6 is 0 Å². The second-order valence-electron chi connectivity index (χ2n) is 6.16. The van der Waals surface area contributed by atoms with Gasteiger partial charge in [0.2, 0.25) is 0 Å². The topological polar surface area (TPSA) is 59.0 Å². The van der Waals surface area contributed by atoms with E-state index in [-0.39, 0.29) is 11.6 Å². The molecule has 0 saturated heterocycles. The average Bonchev–Trinajstić information content (AvgIpc) is 2.79. The Bertz CT molecular complexity index is 481. The molecule has 7 heteroatoms. The van der Waals surface area contributed by atoms with Gasteiger partial charge >= 0.3 is 6.03 Å². The number of carbonyl (C=O) groups excluding carboxylic acids is 1. The predicted octanol–water partition coefficient (Wildman–Crippen LogP) is 3.24. The van der Waals surface area contributed by atoms with Gasteiger partial charge in [0.05, 0.1) is 11.9 Å². The average molecular weight is 300 g/mol. The SMILES string of the molecule is CC1CCC(C)(NC(=O)Nc2cnn(CC(F)F)c2)CC1. The van der Waals surface area contributed by atoms with Crippen molar-refractivity contribution in [3.05, 3.63) is 12.4 Å². The van der Waals surface area contributed by atoms with Gasteiger partial charge in [-0.25, -0.2) is 13.6 Å². The van der Waals surface area contributed by atoms with E-state index in [4.69, 9.17) is 0 Å². The maximum atomic E-state index is 12.2. The molecule has 1 aromatic rings. The van der Waals surface area contributed by atoms with Crippen LogP contribution in [0.2, 0.25) is 0 Å². The molecule has 0 unspecified atom stereocenters. The Morgan fingerprint density at radius 1 is 1.52 bits per heavy atom. The summed E-state index contributed by atoms with van der Waals surface area (Å²) in [5.41, 5.74) is 0.219. The Morgan fingerprint density at radius 3 is 2.81 bits per heavy atom. The Labute approximate surface area is 123 Å². The predicted molar refractivity (Wildman–Crippen MR) is 76.4 cm³/mol. The van der Waals surface area contributed by atoms with Crippen molar-refractivity contribution in [1.82, 2.24) is 15.1 Å². The fourth-order valence-corrected chi connectivity index (χ4v) is 2.63. The molecule has 5 nitrogen and oxygen atoms in total. The standard InChI is InChI=1S/C14H22F2N4O/c1-10-3-5-14(2,6-4-10)19-13(21)18-11-7-17-20(8-11)9-12(15)16/h7-8,10,12H,3-6,9H2,1-2H3,(H2,18,19,21). The Balaban J connectivity index is 1.85. The highest BCUT2D eigenvalue weighted by Crippen LogP contribution is 2.31. The molecule has 21 heavy (non-hydrogen) atoms. The zero-order valence-corrected chi connectivity index (χ0v) is 12.4. The molecule has 118 valence electrons. The van der Waals surface area contributed by atoms with E-state index in [0.717, 1.165) is 30.4 Å². The van der Waals surface area contributed by atoms with Crippen LogP contribution in [0.4, 0.5) is 19.3 Å². The van der Waals surface area contributed by atoms with Gasteiger partial charge < -0.3 is 10.6 Å². The van der Waals surface area contributed by atoms with Gasteiger partial charge in [0, 0.05) is 11.7 Å². The van der Waals surface area contributed by atoms with Crippen LogP contribution in [0.15, 0.2) is 12.4 Å². The summed E-state index contributed by atoms with van der Waals surface area (Å²) < 4.78 is 25.6. The third-order valence-electron chi connectivity index (χ3n) is 4.01. The van der Waals surface area contributed by atoms with Crippen molar-refractivity contribution >= 4 is 11.7 Å². The number of amides is 2. The Kier molecular flexibility index (Phi) is 4.80. The van der Waals surface area contributed by atoms with Crippen molar-refractivity contribution in [1.29, 1.82) is 0 Å². The lowest BCUT2D eigenvalue weighted by atomic mass is 9.78. The largest absolute Gasteiger partial charge is 0.333 e. The molecule has 0 bridgehead atoms. The summed E-state index contributed by atoms with van der Waals surface area (Å²) in [5.74, 6) is 0.704. The van der Waals surface area contributed by atoms with Gasteiger partial charge in [-0.05, 0) is 38.5 Å². The fraction of sp³-hybridized carbons (Fsp3) is 0.714. The zero-order valence-electron chi connectivity index (χ0n) is 12.4. The van der Waals surface area contributed by atoms with Crippen LogP contribution in [-0.4, -0.2) is 27.8 Å². The maximum absolute atomic E-state index is 12.2. The lowest BCUT2D eigenvalue weighted by molar-refractivity contribution is 0.122. The van der Waals surface area contributed by atoms with Crippen LogP contribution in [0.5, 0.6) is 0 Å². The van der Waals surface area contributed by atoms with Crippen LogP contribution in [0, 0.1) is 5.92 Å². The number of rotatable bonds is 4. The number of alkyl halides is 2. The zero-order chi connectivity index (χ0) is 15.5. The van der Waals surface area contributed by atoms with Crippen molar-refractivity contribution in [3.8, 4) is 0 Å². The van der Waals surface area contributed by atoms with Crippen molar-refractivity contribution in [2.24, 2.45) is 5.92 Å².